The van der Waals surface area contributed by atoms with Crippen LogP contribution >= 0.6 is 0 Å². The number of nitrogens with one attached hydrogen (secondary N) is 1. The second-order valence-corrected chi connectivity index (χ2v) is 7.72. The van der Waals surface area contributed by atoms with Gasteiger partial charge >= 0.3 is 11.9 Å². The van der Waals surface area contributed by atoms with Gasteiger partial charge in [-0.25, -0.2) is 22.4 Å². The Morgan fingerprint density at radius 3 is 2.32 bits per heavy atom. The van der Waals surface area contributed by atoms with Gasteiger partial charge in [0.15, 0.2) is 6.61 Å². The van der Waals surface area contributed by atoms with Crippen LogP contribution in [-0.4, -0.2) is 37.2 Å². The standard InChI is InChI=1S/C18H18FNO7S/c1-9-4-5-14(11(3)17(9)27-8-15(21)22)28(25,26)20-16-10(2)6-12(19)7-13(16)18(23)24/h4-7,20H,8H2,1-3H3,(H,21,22)(H,23,24). The molecule has 0 aliphatic carbocycles. The van der Waals surface area contributed by atoms with Crippen LogP contribution in [0.1, 0.15) is 27.0 Å². The van der Waals surface area contributed by atoms with E-state index in [2.05, 4.69) is 4.72 Å². The van der Waals surface area contributed by atoms with Crippen LogP contribution in [0.4, 0.5) is 10.1 Å². The molecule has 28 heavy (non-hydrogen) atoms. The van der Waals surface area contributed by atoms with E-state index in [0.717, 1.165) is 12.1 Å². The SMILES string of the molecule is Cc1cc(F)cc(C(=O)O)c1NS(=O)(=O)c1ccc(C)c(OCC(=O)O)c1C. The lowest BCUT2D eigenvalue weighted by Crippen LogP contribution is -2.19. The minimum atomic E-state index is -4.28. The van der Waals surface area contributed by atoms with Gasteiger partial charge in [0, 0.05) is 5.56 Å². The number of anilines is 1. The van der Waals surface area contributed by atoms with Gasteiger partial charge in [0.05, 0.1) is 16.1 Å². The molecule has 0 unspecified atom stereocenters. The largest absolute Gasteiger partial charge is 0.481 e. The van der Waals surface area contributed by atoms with E-state index in [1.165, 1.54) is 26.0 Å². The van der Waals surface area contributed by atoms with Crippen LogP contribution in [0, 0.1) is 26.6 Å². The number of carboxylic acid groups (broad SMARTS) is 2. The summed E-state index contributed by atoms with van der Waals surface area (Å²) in [6.07, 6.45) is 0. The van der Waals surface area contributed by atoms with Crippen LogP contribution in [-0.2, 0) is 14.8 Å². The number of aliphatic carboxylic acids is 1. The summed E-state index contributed by atoms with van der Waals surface area (Å²) in [6, 6.07) is 4.46. The minimum Gasteiger partial charge on any atom is -0.481 e. The molecular formula is C18H18FNO7S. The zero-order valence-corrected chi connectivity index (χ0v) is 16.1. The molecule has 2 rings (SSSR count). The summed E-state index contributed by atoms with van der Waals surface area (Å²) in [6.45, 7) is 3.78. The minimum absolute atomic E-state index is 0.0908. The second kappa shape index (κ2) is 7.85. The van der Waals surface area contributed by atoms with Crippen LogP contribution in [0.15, 0.2) is 29.2 Å². The molecule has 3 N–H and O–H groups in total. The first-order valence-electron chi connectivity index (χ1n) is 7.95. The smallest absolute Gasteiger partial charge is 0.341 e. The summed E-state index contributed by atoms with van der Waals surface area (Å²) >= 11 is 0. The van der Waals surface area contributed by atoms with E-state index < -0.39 is 39.9 Å². The molecule has 2 aromatic rings. The Balaban J connectivity index is 2.54. The molecule has 0 amide bonds. The molecule has 0 aliphatic rings. The van der Waals surface area contributed by atoms with Gasteiger partial charge in [0.2, 0.25) is 0 Å². The fourth-order valence-corrected chi connectivity index (χ4v) is 4.09. The predicted molar refractivity (Wildman–Crippen MR) is 98.0 cm³/mol. The summed E-state index contributed by atoms with van der Waals surface area (Å²) in [5.74, 6) is -3.43. The highest BCUT2D eigenvalue weighted by Gasteiger charge is 2.24. The molecule has 0 atom stereocenters. The number of ether oxygens (including phenoxy) is 1. The van der Waals surface area contributed by atoms with Crippen molar-refractivity contribution in [2.24, 2.45) is 0 Å². The van der Waals surface area contributed by atoms with Gasteiger partial charge in [-0.3, -0.25) is 4.72 Å². The fraction of sp³-hybridized carbons (Fsp3) is 0.222. The average Bonchev–Trinajstić information content (AvgIpc) is 2.56. The van der Waals surface area contributed by atoms with Crippen LogP contribution in [0.2, 0.25) is 0 Å². The number of benzene rings is 2. The first-order valence-corrected chi connectivity index (χ1v) is 9.43. The molecule has 0 saturated carbocycles. The molecule has 0 saturated heterocycles. The third-order valence-electron chi connectivity index (χ3n) is 3.95. The Bertz CT molecular complexity index is 1060. The first kappa shape index (κ1) is 21.2. The van der Waals surface area contributed by atoms with E-state index in [1.54, 1.807) is 6.92 Å². The van der Waals surface area contributed by atoms with Crippen molar-refractivity contribution in [2.45, 2.75) is 25.7 Å². The summed E-state index contributed by atoms with van der Waals surface area (Å²) in [4.78, 5) is 21.9. The molecule has 0 bridgehead atoms. The second-order valence-electron chi connectivity index (χ2n) is 6.07. The highest BCUT2D eigenvalue weighted by atomic mass is 32.2. The lowest BCUT2D eigenvalue weighted by atomic mass is 10.1. The molecule has 0 radical (unpaired) electrons. The molecule has 8 nitrogen and oxygen atoms in total. The lowest BCUT2D eigenvalue weighted by molar-refractivity contribution is -0.139. The van der Waals surface area contributed by atoms with E-state index in [0.29, 0.717) is 5.56 Å². The summed E-state index contributed by atoms with van der Waals surface area (Å²) in [5, 5.41) is 18.0. The summed E-state index contributed by atoms with van der Waals surface area (Å²) < 4.78 is 46.6. The van der Waals surface area contributed by atoms with Crippen molar-refractivity contribution < 1.29 is 37.3 Å². The third-order valence-corrected chi connectivity index (χ3v) is 5.44. The van der Waals surface area contributed by atoms with E-state index >= 15 is 0 Å². The number of sulfonamides is 1. The highest BCUT2D eigenvalue weighted by Crippen LogP contribution is 2.32. The molecule has 0 aromatic heterocycles. The Morgan fingerprint density at radius 2 is 1.75 bits per heavy atom. The number of aryl methyl sites for hydroxylation is 2. The fourth-order valence-electron chi connectivity index (χ4n) is 2.69. The summed E-state index contributed by atoms with van der Waals surface area (Å²) in [5.41, 5.74) is -0.0181. The van der Waals surface area contributed by atoms with Crippen LogP contribution in [0.5, 0.6) is 5.75 Å². The number of rotatable bonds is 7. The molecule has 0 aliphatic heterocycles. The molecule has 0 spiro atoms. The maximum atomic E-state index is 13.5. The van der Waals surface area contributed by atoms with Gasteiger partial charge in [-0.2, -0.15) is 0 Å². The highest BCUT2D eigenvalue weighted by molar-refractivity contribution is 7.92. The Morgan fingerprint density at radius 1 is 1.11 bits per heavy atom. The normalized spacial score (nSPS) is 11.1. The van der Waals surface area contributed by atoms with Gasteiger partial charge in [0.25, 0.3) is 10.0 Å². The van der Waals surface area contributed by atoms with Gasteiger partial charge in [-0.05, 0) is 50.1 Å². The molecule has 10 heteroatoms. The topological polar surface area (TPSA) is 130 Å². The monoisotopic (exact) mass is 411 g/mol. The first-order chi connectivity index (χ1) is 12.9. The van der Waals surface area contributed by atoms with Crippen molar-refractivity contribution in [2.75, 3.05) is 11.3 Å². The van der Waals surface area contributed by atoms with Gasteiger partial charge in [0.1, 0.15) is 11.6 Å². The van der Waals surface area contributed by atoms with Crippen molar-refractivity contribution in [1.82, 2.24) is 0 Å². The number of halogens is 1. The van der Waals surface area contributed by atoms with E-state index in [-0.39, 0.29) is 27.5 Å². The molecule has 0 fully saturated rings. The molecule has 0 heterocycles. The lowest BCUT2D eigenvalue weighted by Gasteiger charge is -2.17. The van der Waals surface area contributed by atoms with Crippen molar-refractivity contribution in [3.05, 3.63) is 52.3 Å². The van der Waals surface area contributed by atoms with Gasteiger partial charge in [-0.1, -0.05) is 6.07 Å². The van der Waals surface area contributed by atoms with Crippen LogP contribution in [0.25, 0.3) is 0 Å². The maximum absolute atomic E-state index is 13.5. The van der Waals surface area contributed by atoms with Gasteiger partial charge in [-0.15, -0.1) is 0 Å². The molecule has 150 valence electrons. The quantitative estimate of drug-likeness (QED) is 0.639. The van der Waals surface area contributed by atoms with Crippen molar-refractivity contribution in [3.8, 4) is 5.75 Å². The zero-order chi connectivity index (χ0) is 21.2. The number of hydrogen-bond acceptors (Lipinski definition) is 5. The predicted octanol–water partition coefficient (Wildman–Crippen LogP) is 2.71. The van der Waals surface area contributed by atoms with Gasteiger partial charge < -0.3 is 14.9 Å². The van der Waals surface area contributed by atoms with Crippen molar-refractivity contribution in [1.29, 1.82) is 0 Å². The summed E-state index contributed by atoms with van der Waals surface area (Å²) in [7, 11) is -4.28. The van der Waals surface area contributed by atoms with Crippen LogP contribution in [0.3, 0.4) is 0 Å². The van der Waals surface area contributed by atoms with E-state index in [9.17, 15) is 27.5 Å². The number of hydrogen-bond donors (Lipinski definition) is 3. The van der Waals surface area contributed by atoms with Crippen LogP contribution < -0.4 is 9.46 Å². The molecule has 2 aromatic carbocycles. The third kappa shape index (κ3) is 4.39. The van der Waals surface area contributed by atoms with E-state index in [4.69, 9.17) is 9.84 Å². The Labute approximate surface area is 160 Å². The zero-order valence-electron chi connectivity index (χ0n) is 15.2. The average molecular weight is 411 g/mol. The maximum Gasteiger partial charge on any atom is 0.341 e. The molecular weight excluding hydrogens is 393 g/mol. The Hall–Kier alpha value is -3.14. The van der Waals surface area contributed by atoms with Crippen molar-refractivity contribution >= 4 is 27.6 Å². The number of aromatic carboxylic acids is 1. The van der Waals surface area contributed by atoms with E-state index in [1.807, 2.05) is 0 Å². The number of carbonyl (C=O) groups is 2. The van der Waals surface area contributed by atoms with Crippen molar-refractivity contribution in [3.63, 3.8) is 0 Å². The number of carboxylic acids is 2. The Kier molecular flexibility index (Phi) is 5.93.